The molecule has 14 heavy (non-hydrogen) atoms. The lowest BCUT2D eigenvalue weighted by Gasteiger charge is -2.27. The second-order valence-corrected chi connectivity index (χ2v) is 3.59. The fourth-order valence-corrected chi connectivity index (χ4v) is 1.40. The van der Waals surface area contributed by atoms with Crippen LogP contribution in [0, 0.1) is 12.3 Å². The Morgan fingerprint density at radius 2 is 2.14 bits per heavy atom. The molecule has 0 rings (SSSR count). The molecule has 0 aliphatic rings. The molecule has 1 atom stereocenters. The molecule has 0 spiro atoms. The van der Waals surface area contributed by atoms with E-state index >= 15 is 0 Å². The fourth-order valence-electron chi connectivity index (χ4n) is 1.40. The molecule has 0 amide bonds. The summed E-state index contributed by atoms with van der Waals surface area (Å²) in [5.41, 5.74) is 0. The predicted octanol–water partition coefficient (Wildman–Crippen LogP) is 2.15. The van der Waals surface area contributed by atoms with Crippen LogP contribution < -0.4 is 0 Å². The Balaban J connectivity index is 3.79. The summed E-state index contributed by atoms with van der Waals surface area (Å²) in [7, 11) is 1.75. The summed E-state index contributed by atoms with van der Waals surface area (Å²) < 4.78 is 5.09. The third-order valence-electron chi connectivity index (χ3n) is 2.56. The van der Waals surface area contributed by atoms with E-state index in [1.165, 1.54) is 6.42 Å². The van der Waals surface area contributed by atoms with Crippen molar-refractivity contribution in [2.45, 2.75) is 39.2 Å². The van der Waals surface area contributed by atoms with Gasteiger partial charge in [0.25, 0.3) is 0 Å². The molecule has 0 saturated heterocycles. The summed E-state index contributed by atoms with van der Waals surface area (Å²) in [6, 6.07) is 0.628. The highest BCUT2D eigenvalue weighted by atomic mass is 16.5. The van der Waals surface area contributed by atoms with Crippen molar-refractivity contribution < 1.29 is 4.74 Å². The summed E-state index contributed by atoms with van der Waals surface area (Å²) in [5.74, 6) is 2.68. The lowest BCUT2D eigenvalue weighted by molar-refractivity contribution is 0.122. The van der Waals surface area contributed by atoms with Crippen LogP contribution in [0.4, 0.5) is 0 Å². The molecule has 2 nitrogen and oxygen atoms in total. The summed E-state index contributed by atoms with van der Waals surface area (Å²) in [6.07, 6.45) is 8.37. The van der Waals surface area contributed by atoms with E-state index in [0.717, 1.165) is 32.5 Å². The van der Waals surface area contributed by atoms with Crippen LogP contribution in [0.2, 0.25) is 0 Å². The third-order valence-corrected chi connectivity index (χ3v) is 2.56. The molecule has 0 aromatic heterocycles. The van der Waals surface area contributed by atoms with E-state index in [1.54, 1.807) is 7.11 Å². The van der Waals surface area contributed by atoms with E-state index in [4.69, 9.17) is 11.2 Å². The fraction of sp³-hybridized carbons (Fsp3) is 0.833. The zero-order chi connectivity index (χ0) is 10.8. The average molecular weight is 197 g/mol. The molecule has 0 N–H and O–H groups in total. The molecule has 82 valence electrons. The third kappa shape index (κ3) is 6.01. The van der Waals surface area contributed by atoms with Crippen LogP contribution in [0.25, 0.3) is 0 Å². The van der Waals surface area contributed by atoms with Gasteiger partial charge in [-0.3, -0.25) is 4.90 Å². The van der Waals surface area contributed by atoms with Gasteiger partial charge in [-0.25, -0.2) is 0 Å². The maximum atomic E-state index is 5.23. The number of ether oxygens (including phenoxy) is 1. The van der Waals surface area contributed by atoms with Gasteiger partial charge in [-0.05, 0) is 26.3 Å². The highest BCUT2D eigenvalue weighted by molar-refractivity contribution is 4.83. The number of hydrogen-bond acceptors (Lipinski definition) is 2. The number of terminal acetylenes is 1. The Morgan fingerprint density at radius 3 is 2.64 bits per heavy atom. The Hall–Kier alpha value is -0.520. The van der Waals surface area contributed by atoms with Crippen molar-refractivity contribution in [2.75, 3.05) is 26.8 Å². The van der Waals surface area contributed by atoms with Crippen LogP contribution in [-0.4, -0.2) is 37.7 Å². The van der Waals surface area contributed by atoms with Crippen molar-refractivity contribution in [2.24, 2.45) is 0 Å². The quantitative estimate of drug-likeness (QED) is 0.437. The Morgan fingerprint density at radius 1 is 1.43 bits per heavy atom. The largest absolute Gasteiger partial charge is 0.383 e. The normalized spacial score (nSPS) is 12.8. The SMILES string of the molecule is C#CCCCN(CCOC)C(C)CC. The maximum absolute atomic E-state index is 5.23. The van der Waals surface area contributed by atoms with Crippen LogP contribution >= 0.6 is 0 Å². The van der Waals surface area contributed by atoms with Crippen LogP contribution in [0.15, 0.2) is 0 Å². The van der Waals surface area contributed by atoms with Gasteiger partial charge in [0.15, 0.2) is 0 Å². The van der Waals surface area contributed by atoms with E-state index in [1.807, 2.05) is 0 Å². The average Bonchev–Trinajstić information content (AvgIpc) is 2.22. The van der Waals surface area contributed by atoms with E-state index in [0.29, 0.717) is 6.04 Å². The van der Waals surface area contributed by atoms with Crippen molar-refractivity contribution in [3.05, 3.63) is 0 Å². The Labute approximate surface area is 88.6 Å². The molecule has 0 bridgehead atoms. The number of methoxy groups -OCH3 is 1. The summed E-state index contributed by atoms with van der Waals surface area (Å²) >= 11 is 0. The van der Waals surface area contributed by atoms with Gasteiger partial charge in [0.2, 0.25) is 0 Å². The zero-order valence-electron chi connectivity index (χ0n) is 9.75. The number of unbranched alkanes of at least 4 members (excludes halogenated alkanes) is 1. The molecule has 0 saturated carbocycles. The van der Waals surface area contributed by atoms with Gasteiger partial charge in [0.1, 0.15) is 0 Å². The van der Waals surface area contributed by atoms with Crippen LogP contribution in [0.1, 0.15) is 33.1 Å². The summed E-state index contributed by atoms with van der Waals surface area (Å²) in [4.78, 5) is 2.45. The monoisotopic (exact) mass is 197 g/mol. The van der Waals surface area contributed by atoms with Crippen molar-refractivity contribution in [1.82, 2.24) is 4.90 Å². The topological polar surface area (TPSA) is 12.5 Å². The van der Waals surface area contributed by atoms with Crippen molar-refractivity contribution in [1.29, 1.82) is 0 Å². The Kier molecular flexibility index (Phi) is 8.72. The second-order valence-electron chi connectivity index (χ2n) is 3.59. The number of hydrogen-bond donors (Lipinski definition) is 0. The molecule has 0 radical (unpaired) electrons. The first kappa shape index (κ1) is 13.5. The molecule has 0 aromatic rings. The second kappa shape index (κ2) is 9.05. The first-order valence-corrected chi connectivity index (χ1v) is 5.42. The first-order chi connectivity index (χ1) is 6.76. The van der Waals surface area contributed by atoms with Gasteiger partial charge in [-0.15, -0.1) is 12.3 Å². The minimum atomic E-state index is 0.628. The maximum Gasteiger partial charge on any atom is 0.0589 e. The molecular weight excluding hydrogens is 174 g/mol. The van der Waals surface area contributed by atoms with Gasteiger partial charge in [0.05, 0.1) is 6.61 Å². The minimum Gasteiger partial charge on any atom is -0.383 e. The van der Waals surface area contributed by atoms with Gasteiger partial charge in [-0.1, -0.05) is 6.92 Å². The van der Waals surface area contributed by atoms with Crippen molar-refractivity contribution >= 4 is 0 Å². The lowest BCUT2D eigenvalue weighted by atomic mass is 10.2. The highest BCUT2D eigenvalue weighted by Gasteiger charge is 2.10. The van der Waals surface area contributed by atoms with E-state index < -0.39 is 0 Å². The zero-order valence-corrected chi connectivity index (χ0v) is 9.75. The van der Waals surface area contributed by atoms with Gasteiger partial charge < -0.3 is 4.74 Å². The first-order valence-electron chi connectivity index (χ1n) is 5.42. The smallest absolute Gasteiger partial charge is 0.0589 e. The van der Waals surface area contributed by atoms with Gasteiger partial charge in [-0.2, -0.15) is 0 Å². The molecule has 2 heteroatoms. The minimum absolute atomic E-state index is 0.628. The number of rotatable bonds is 8. The van der Waals surface area contributed by atoms with Crippen molar-refractivity contribution in [3.8, 4) is 12.3 Å². The summed E-state index contributed by atoms with van der Waals surface area (Å²) in [5, 5.41) is 0. The van der Waals surface area contributed by atoms with E-state index in [9.17, 15) is 0 Å². The van der Waals surface area contributed by atoms with Crippen LogP contribution in [0.5, 0.6) is 0 Å². The molecule has 0 aliphatic heterocycles. The molecule has 0 aromatic carbocycles. The molecule has 0 fully saturated rings. The van der Waals surface area contributed by atoms with E-state index in [-0.39, 0.29) is 0 Å². The van der Waals surface area contributed by atoms with Crippen LogP contribution in [-0.2, 0) is 4.74 Å². The molecular formula is C12H23NO. The van der Waals surface area contributed by atoms with Crippen LogP contribution in [0.3, 0.4) is 0 Å². The number of nitrogens with zero attached hydrogens (tertiary/aromatic N) is 1. The summed E-state index contributed by atoms with van der Waals surface area (Å²) in [6.45, 7) is 7.37. The molecule has 0 aliphatic carbocycles. The van der Waals surface area contributed by atoms with Gasteiger partial charge in [0, 0.05) is 26.1 Å². The van der Waals surface area contributed by atoms with E-state index in [2.05, 4.69) is 24.7 Å². The Bertz CT molecular complexity index is 162. The molecule has 0 heterocycles. The predicted molar refractivity (Wildman–Crippen MR) is 61.3 cm³/mol. The van der Waals surface area contributed by atoms with Crippen molar-refractivity contribution in [3.63, 3.8) is 0 Å². The molecule has 1 unspecified atom stereocenters. The standard InChI is InChI=1S/C12H23NO/c1-5-7-8-9-13(10-11-14-4)12(3)6-2/h1,12H,6-11H2,2-4H3. The van der Waals surface area contributed by atoms with Gasteiger partial charge >= 0.3 is 0 Å². The highest BCUT2D eigenvalue weighted by Crippen LogP contribution is 2.05. The lowest BCUT2D eigenvalue weighted by Crippen LogP contribution is -2.36.